The van der Waals surface area contributed by atoms with E-state index in [2.05, 4.69) is 17.6 Å². The fraction of sp³-hybridized carbons (Fsp3) is 0.562. The molecule has 1 heterocycles. The van der Waals surface area contributed by atoms with Crippen molar-refractivity contribution >= 4 is 17.5 Å². The highest BCUT2D eigenvalue weighted by Crippen LogP contribution is 2.24. The minimum absolute atomic E-state index is 0.158. The lowest BCUT2D eigenvalue weighted by Gasteiger charge is -2.27. The Kier molecular flexibility index (Phi) is 5.44. The molecule has 1 aromatic carbocycles. The van der Waals surface area contributed by atoms with Gasteiger partial charge in [-0.15, -0.1) is 0 Å². The molecule has 1 aromatic rings. The van der Waals surface area contributed by atoms with Gasteiger partial charge in [-0.3, -0.25) is 4.79 Å². The van der Waals surface area contributed by atoms with Gasteiger partial charge in [0.1, 0.15) is 0 Å². The van der Waals surface area contributed by atoms with Crippen molar-refractivity contribution in [2.75, 3.05) is 13.1 Å². The van der Waals surface area contributed by atoms with Crippen LogP contribution in [0.25, 0.3) is 0 Å². The standard InChI is InChI=1S/C16H23ClN2O/c1-2-9-16(10-3-11-19-16)15(20)18-12-8-13-4-6-14(17)7-5-13/h4-7,19H,2-3,8-12H2,1H3,(H,18,20). The summed E-state index contributed by atoms with van der Waals surface area (Å²) in [6.07, 6.45) is 4.82. The summed E-state index contributed by atoms with van der Waals surface area (Å²) in [5.74, 6) is 0.158. The molecule has 1 aliphatic heterocycles. The Morgan fingerprint density at radius 2 is 2.15 bits per heavy atom. The van der Waals surface area contributed by atoms with Gasteiger partial charge in [-0.05, 0) is 49.9 Å². The van der Waals surface area contributed by atoms with Crippen LogP contribution in [0.4, 0.5) is 0 Å². The van der Waals surface area contributed by atoms with Gasteiger partial charge in [-0.2, -0.15) is 0 Å². The molecule has 2 N–H and O–H groups in total. The Bertz CT molecular complexity index is 438. The number of hydrogen-bond acceptors (Lipinski definition) is 2. The number of amides is 1. The monoisotopic (exact) mass is 294 g/mol. The zero-order valence-electron chi connectivity index (χ0n) is 12.0. The lowest BCUT2D eigenvalue weighted by molar-refractivity contribution is -0.127. The van der Waals surface area contributed by atoms with Crippen LogP contribution in [0, 0.1) is 0 Å². The third kappa shape index (κ3) is 3.74. The molecule has 110 valence electrons. The first-order valence-electron chi connectivity index (χ1n) is 7.44. The molecule has 1 amide bonds. The largest absolute Gasteiger partial charge is 0.354 e. The van der Waals surface area contributed by atoms with Gasteiger partial charge < -0.3 is 10.6 Å². The molecule has 1 atom stereocenters. The minimum Gasteiger partial charge on any atom is -0.354 e. The molecule has 0 saturated carbocycles. The molecule has 0 bridgehead atoms. The van der Waals surface area contributed by atoms with Gasteiger partial charge in [0.2, 0.25) is 5.91 Å². The average Bonchev–Trinajstić information content (AvgIpc) is 2.91. The van der Waals surface area contributed by atoms with Gasteiger partial charge >= 0.3 is 0 Å². The summed E-state index contributed by atoms with van der Waals surface area (Å²) in [5.41, 5.74) is 0.869. The number of carbonyl (C=O) groups is 1. The van der Waals surface area contributed by atoms with E-state index >= 15 is 0 Å². The quantitative estimate of drug-likeness (QED) is 0.847. The fourth-order valence-corrected chi connectivity index (χ4v) is 3.02. The molecule has 1 unspecified atom stereocenters. The first-order valence-corrected chi connectivity index (χ1v) is 7.82. The third-order valence-electron chi connectivity index (χ3n) is 3.97. The molecule has 0 aromatic heterocycles. The van der Waals surface area contributed by atoms with Gasteiger partial charge in [0.15, 0.2) is 0 Å². The number of hydrogen-bond donors (Lipinski definition) is 2. The summed E-state index contributed by atoms with van der Waals surface area (Å²) in [7, 11) is 0. The van der Waals surface area contributed by atoms with Crippen LogP contribution < -0.4 is 10.6 Å². The Morgan fingerprint density at radius 3 is 2.75 bits per heavy atom. The van der Waals surface area contributed by atoms with E-state index in [0.717, 1.165) is 43.7 Å². The SMILES string of the molecule is CCCC1(C(=O)NCCc2ccc(Cl)cc2)CCCN1. The van der Waals surface area contributed by atoms with E-state index in [1.165, 1.54) is 5.56 Å². The number of nitrogens with one attached hydrogen (secondary N) is 2. The highest BCUT2D eigenvalue weighted by molar-refractivity contribution is 6.30. The highest BCUT2D eigenvalue weighted by Gasteiger charge is 2.39. The van der Waals surface area contributed by atoms with Crippen molar-refractivity contribution in [1.82, 2.24) is 10.6 Å². The topological polar surface area (TPSA) is 41.1 Å². The maximum absolute atomic E-state index is 12.4. The van der Waals surface area contributed by atoms with Crippen molar-refractivity contribution in [2.45, 2.75) is 44.6 Å². The van der Waals surface area contributed by atoms with Gasteiger partial charge in [0.25, 0.3) is 0 Å². The summed E-state index contributed by atoms with van der Waals surface area (Å²) < 4.78 is 0. The van der Waals surface area contributed by atoms with Gasteiger partial charge in [-0.1, -0.05) is 37.1 Å². The fourth-order valence-electron chi connectivity index (χ4n) is 2.89. The summed E-state index contributed by atoms with van der Waals surface area (Å²) >= 11 is 5.86. The first-order chi connectivity index (χ1) is 9.66. The summed E-state index contributed by atoms with van der Waals surface area (Å²) in [5, 5.41) is 7.22. The molecule has 0 spiro atoms. The lowest BCUT2D eigenvalue weighted by atomic mass is 9.91. The average molecular weight is 295 g/mol. The predicted octanol–water partition coefficient (Wildman–Crippen LogP) is 2.92. The second-order valence-corrected chi connectivity index (χ2v) is 5.93. The zero-order valence-corrected chi connectivity index (χ0v) is 12.8. The minimum atomic E-state index is -0.325. The number of rotatable bonds is 6. The lowest BCUT2D eigenvalue weighted by Crippen LogP contribution is -2.53. The number of carbonyl (C=O) groups excluding carboxylic acids is 1. The van der Waals surface area contributed by atoms with Crippen LogP contribution in [-0.2, 0) is 11.2 Å². The Balaban J connectivity index is 1.83. The highest BCUT2D eigenvalue weighted by atomic mass is 35.5. The maximum Gasteiger partial charge on any atom is 0.240 e. The second kappa shape index (κ2) is 7.09. The molecule has 4 heteroatoms. The molecule has 2 rings (SSSR count). The Hall–Kier alpha value is -1.06. The van der Waals surface area contributed by atoms with Crippen molar-refractivity contribution in [3.63, 3.8) is 0 Å². The van der Waals surface area contributed by atoms with Crippen molar-refractivity contribution in [2.24, 2.45) is 0 Å². The summed E-state index contributed by atoms with van der Waals surface area (Å²) in [6, 6.07) is 7.78. The van der Waals surface area contributed by atoms with Gasteiger partial charge in [0.05, 0.1) is 5.54 Å². The number of benzene rings is 1. The molecule has 0 aliphatic carbocycles. The summed E-state index contributed by atoms with van der Waals surface area (Å²) in [4.78, 5) is 12.4. The zero-order chi connectivity index (χ0) is 14.4. The molecule has 1 aliphatic rings. The van der Waals surface area contributed by atoms with Crippen LogP contribution in [-0.4, -0.2) is 24.5 Å². The third-order valence-corrected chi connectivity index (χ3v) is 4.22. The van der Waals surface area contributed by atoms with Crippen LogP contribution in [0.2, 0.25) is 5.02 Å². The van der Waals surface area contributed by atoms with Gasteiger partial charge in [0, 0.05) is 11.6 Å². The molecule has 1 saturated heterocycles. The normalized spacial score (nSPS) is 21.9. The van der Waals surface area contributed by atoms with Crippen LogP contribution in [0.15, 0.2) is 24.3 Å². The van der Waals surface area contributed by atoms with E-state index in [-0.39, 0.29) is 11.4 Å². The van der Waals surface area contributed by atoms with E-state index in [1.807, 2.05) is 24.3 Å². The molecule has 20 heavy (non-hydrogen) atoms. The second-order valence-electron chi connectivity index (χ2n) is 5.49. The molecular weight excluding hydrogens is 272 g/mol. The Morgan fingerprint density at radius 1 is 1.40 bits per heavy atom. The van der Waals surface area contributed by atoms with Crippen LogP contribution in [0.1, 0.15) is 38.2 Å². The molecule has 0 radical (unpaired) electrons. The summed E-state index contributed by atoms with van der Waals surface area (Å²) in [6.45, 7) is 3.75. The van der Waals surface area contributed by atoms with Crippen molar-refractivity contribution in [3.05, 3.63) is 34.9 Å². The molecule has 3 nitrogen and oxygen atoms in total. The van der Waals surface area contributed by atoms with Gasteiger partial charge in [-0.25, -0.2) is 0 Å². The Labute approximate surface area is 126 Å². The molecular formula is C16H23ClN2O. The van der Waals surface area contributed by atoms with Crippen molar-refractivity contribution in [3.8, 4) is 0 Å². The van der Waals surface area contributed by atoms with E-state index in [4.69, 9.17) is 11.6 Å². The van der Waals surface area contributed by atoms with E-state index in [0.29, 0.717) is 6.54 Å². The number of halogens is 1. The van der Waals surface area contributed by atoms with E-state index in [1.54, 1.807) is 0 Å². The predicted molar refractivity (Wildman–Crippen MR) is 83.0 cm³/mol. The first kappa shape index (κ1) is 15.3. The van der Waals surface area contributed by atoms with Crippen LogP contribution in [0.5, 0.6) is 0 Å². The van der Waals surface area contributed by atoms with E-state index in [9.17, 15) is 4.79 Å². The van der Waals surface area contributed by atoms with Crippen molar-refractivity contribution in [1.29, 1.82) is 0 Å². The van der Waals surface area contributed by atoms with Crippen molar-refractivity contribution < 1.29 is 4.79 Å². The maximum atomic E-state index is 12.4. The van der Waals surface area contributed by atoms with Crippen LogP contribution >= 0.6 is 11.6 Å². The van der Waals surface area contributed by atoms with Crippen LogP contribution in [0.3, 0.4) is 0 Å². The van der Waals surface area contributed by atoms with E-state index < -0.39 is 0 Å². The molecule has 1 fully saturated rings. The smallest absolute Gasteiger partial charge is 0.240 e.